The van der Waals surface area contributed by atoms with E-state index in [1.807, 2.05) is 30.3 Å². The van der Waals surface area contributed by atoms with Gasteiger partial charge in [-0.15, -0.1) is 0 Å². The molecule has 2 aromatic rings. The monoisotopic (exact) mass is 334 g/mol. The highest BCUT2D eigenvalue weighted by Crippen LogP contribution is 2.28. The molecule has 0 radical (unpaired) electrons. The van der Waals surface area contributed by atoms with Gasteiger partial charge in [-0.05, 0) is 23.8 Å². The van der Waals surface area contributed by atoms with Crippen molar-refractivity contribution in [1.29, 1.82) is 0 Å². The molecule has 0 atom stereocenters. The Labute approximate surface area is 135 Å². The number of carbonyl (C=O) groups is 1. The van der Waals surface area contributed by atoms with E-state index in [9.17, 15) is 13.2 Å². The average Bonchev–Trinajstić information content (AvgIpc) is 2.47. The van der Waals surface area contributed by atoms with Gasteiger partial charge >= 0.3 is 0 Å². The zero-order valence-corrected chi connectivity index (χ0v) is 13.7. The van der Waals surface area contributed by atoms with E-state index in [0.29, 0.717) is 11.4 Å². The fraction of sp³-hybridized carbons (Fsp3) is 0.188. The van der Waals surface area contributed by atoms with Crippen molar-refractivity contribution in [3.05, 3.63) is 54.1 Å². The third-order valence-corrected chi connectivity index (χ3v) is 3.58. The summed E-state index contributed by atoms with van der Waals surface area (Å²) in [5, 5.41) is 2.74. The predicted octanol–water partition coefficient (Wildman–Crippen LogP) is 2.25. The molecule has 2 aromatic carbocycles. The number of ether oxygens (including phenoxy) is 1. The van der Waals surface area contributed by atoms with Crippen molar-refractivity contribution in [3.8, 4) is 5.75 Å². The maximum absolute atomic E-state index is 12.1. The Balaban J connectivity index is 2.13. The normalized spacial score (nSPS) is 10.9. The van der Waals surface area contributed by atoms with Crippen LogP contribution < -0.4 is 14.8 Å². The summed E-state index contributed by atoms with van der Waals surface area (Å²) in [5.74, 6) is 0.183. The molecular weight excluding hydrogens is 316 g/mol. The van der Waals surface area contributed by atoms with Crippen LogP contribution in [0.1, 0.15) is 5.56 Å². The van der Waals surface area contributed by atoms with Crippen LogP contribution in [0.25, 0.3) is 0 Å². The topological polar surface area (TPSA) is 84.5 Å². The van der Waals surface area contributed by atoms with Crippen LogP contribution in [0.15, 0.2) is 48.5 Å². The number of methoxy groups -OCH3 is 1. The molecular formula is C16H18N2O4S. The molecule has 0 saturated carbocycles. The number of amides is 1. The first kappa shape index (κ1) is 16.8. The SMILES string of the molecule is COc1ccc(NC(=O)Cc2ccccc2)cc1NS(C)(=O)=O. The summed E-state index contributed by atoms with van der Waals surface area (Å²) in [4.78, 5) is 12.1. The molecule has 2 rings (SSSR count). The number of hydrogen-bond donors (Lipinski definition) is 2. The smallest absolute Gasteiger partial charge is 0.229 e. The number of anilines is 2. The quantitative estimate of drug-likeness (QED) is 0.848. The highest BCUT2D eigenvalue weighted by molar-refractivity contribution is 7.92. The summed E-state index contributed by atoms with van der Waals surface area (Å²) in [6.07, 6.45) is 1.29. The Morgan fingerprint density at radius 3 is 2.43 bits per heavy atom. The first-order valence-electron chi connectivity index (χ1n) is 6.87. The van der Waals surface area contributed by atoms with E-state index in [2.05, 4.69) is 10.0 Å². The average molecular weight is 334 g/mol. The molecule has 0 unspecified atom stereocenters. The molecule has 1 amide bonds. The van der Waals surface area contributed by atoms with Crippen LogP contribution in [0.4, 0.5) is 11.4 Å². The van der Waals surface area contributed by atoms with E-state index >= 15 is 0 Å². The van der Waals surface area contributed by atoms with Crippen LogP contribution in [0.2, 0.25) is 0 Å². The Morgan fingerprint density at radius 1 is 1.13 bits per heavy atom. The molecule has 0 aliphatic rings. The van der Waals surface area contributed by atoms with Gasteiger partial charge in [-0.25, -0.2) is 8.42 Å². The predicted molar refractivity (Wildman–Crippen MR) is 90.2 cm³/mol. The van der Waals surface area contributed by atoms with Gasteiger partial charge < -0.3 is 10.1 Å². The van der Waals surface area contributed by atoms with Crippen molar-refractivity contribution < 1.29 is 17.9 Å². The molecule has 7 heteroatoms. The molecule has 0 aromatic heterocycles. The summed E-state index contributed by atoms with van der Waals surface area (Å²) >= 11 is 0. The summed E-state index contributed by atoms with van der Waals surface area (Å²) in [7, 11) is -2.01. The molecule has 0 fully saturated rings. The Bertz CT molecular complexity index is 789. The molecule has 0 bridgehead atoms. The zero-order valence-electron chi connectivity index (χ0n) is 12.9. The van der Waals surface area contributed by atoms with E-state index < -0.39 is 10.0 Å². The van der Waals surface area contributed by atoms with Gasteiger partial charge in [0, 0.05) is 5.69 Å². The van der Waals surface area contributed by atoms with E-state index in [0.717, 1.165) is 11.8 Å². The summed E-state index contributed by atoms with van der Waals surface area (Å²) in [5.41, 5.74) is 1.65. The maximum Gasteiger partial charge on any atom is 0.229 e. The lowest BCUT2D eigenvalue weighted by Gasteiger charge is -2.12. The Morgan fingerprint density at radius 2 is 1.83 bits per heavy atom. The summed E-state index contributed by atoms with van der Waals surface area (Å²) in [6.45, 7) is 0. The van der Waals surface area contributed by atoms with E-state index in [4.69, 9.17) is 4.74 Å². The van der Waals surface area contributed by atoms with Crippen LogP contribution in [0.5, 0.6) is 5.75 Å². The number of hydrogen-bond acceptors (Lipinski definition) is 4. The van der Waals surface area contributed by atoms with Crippen molar-refractivity contribution in [2.24, 2.45) is 0 Å². The first-order valence-corrected chi connectivity index (χ1v) is 8.76. The van der Waals surface area contributed by atoms with E-state index in [1.165, 1.54) is 13.2 Å². The number of rotatable bonds is 6. The van der Waals surface area contributed by atoms with E-state index in [-0.39, 0.29) is 18.0 Å². The van der Waals surface area contributed by atoms with Crippen molar-refractivity contribution in [2.75, 3.05) is 23.4 Å². The van der Waals surface area contributed by atoms with Gasteiger partial charge in [-0.2, -0.15) is 0 Å². The van der Waals surface area contributed by atoms with Crippen LogP contribution in [0.3, 0.4) is 0 Å². The summed E-state index contributed by atoms with van der Waals surface area (Å²) < 4.78 is 30.2. The van der Waals surface area contributed by atoms with E-state index in [1.54, 1.807) is 12.1 Å². The van der Waals surface area contributed by atoms with Gasteiger partial charge in [-0.3, -0.25) is 9.52 Å². The third kappa shape index (κ3) is 5.30. The molecule has 0 heterocycles. The Kier molecular flexibility index (Phi) is 5.23. The van der Waals surface area contributed by atoms with Crippen molar-refractivity contribution in [2.45, 2.75) is 6.42 Å². The number of sulfonamides is 1. The standard InChI is InChI=1S/C16H18N2O4S/c1-22-15-9-8-13(11-14(15)18-23(2,20)21)17-16(19)10-12-6-4-3-5-7-12/h3-9,11,18H,10H2,1-2H3,(H,17,19). The minimum Gasteiger partial charge on any atom is -0.495 e. The van der Waals surface area contributed by atoms with Crippen molar-refractivity contribution in [1.82, 2.24) is 0 Å². The third-order valence-electron chi connectivity index (χ3n) is 2.99. The van der Waals surface area contributed by atoms with Crippen LogP contribution in [-0.4, -0.2) is 27.7 Å². The highest BCUT2D eigenvalue weighted by Gasteiger charge is 2.11. The van der Waals surface area contributed by atoms with Gasteiger partial charge in [0.2, 0.25) is 15.9 Å². The minimum atomic E-state index is -3.45. The van der Waals surface area contributed by atoms with Gasteiger partial charge in [0.05, 0.1) is 25.5 Å². The largest absolute Gasteiger partial charge is 0.495 e. The molecule has 0 aliphatic carbocycles. The maximum atomic E-state index is 12.1. The number of benzene rings is 2. The van der Waals surface area contributed by atoms with Crippen molar-refractivity contribution >= 4 is 27.3 Å². The highest BCUT2D eigenvalue weighted by atomic mass is 32.2. The number of carbonyl (C=O) groups excluding carboxylic acids is 1. The molecule has 23 heavy (non-hydrogen) atoms. The summed E-state index contributed by atoms with van der Waals surface area (Å²) in [6, 6.07) is 14.1. The molecule has 0 aliphatic heterocycles. The second kappa shape index (κ2) is 7.15. The molecule has 122 valence electrons. The Hall–Kier alpha value is -2.54. The fourth-order valence-electron chi connectivity index (χ4n) is 2.05. The van der Waals surface area contributed by atoms with Crippen LogP contribution in [-0.2, 0) is 21.2 Å². The van der Waals surface area contributed by atoms with Gasteiger partial charge in [0.1, 0.15) is 5.75 Å². The lowest BCUT2D eigenvalue weighted by atomic mass is 10.1. The second-order valence-electron chi connectivity index (χ2n) is 5.00. The second-order valence-corrected chi connectivity index (χ2v) is 6.75. The minimum absolute atomic E-state index is 0.188. The van der Waals surface area contributed by atoms with Gasteiger partial charge in [0.25, 0.3) is 0 Å². The number of nitrogens with one attached hydrogen (secondary N) is 2. The lowest BCUT2D eigenvalue weighted by molar-refractivity contribution is -0.115. The molecule has 2 N–H and O–H groups in total. The zero-order chi connectivity index (χ0) is 16.9. The van der Waals surface area contributed by atoms with Crippen molar-refractivity contribution in [3.63, 3.8) is 0 Å². The lowest BCUT2D eigenvalue weighted by Crippen LogP contribution is -2.15. The van der Waals surface area contributed by atoms with Crippen LogP contribution >= 0.6 is 0 Å². The van der Waals surface area contributed by atoms with Gasteiger partial charge in [0.15, 0.2) is 0 Å². The fourth-order valence-corrected chi connectivity index (χ4v) is 2.61. The first-order chi connectivity index (χ1) is 10.9. The molecule has 0 saturated heterocycles. The molecule has 6 nitrogen and oxygen atoms in total. The van der Waals surface area contributed by atoms with Gasteiger partial charge in [-0.1, -0.05) is 30.3 Å². The van der Waals surface area contributed by atoms with Crippen LogP contribution in [0, 0.1) is 0 Å². The molecule has 0 spiro atoms.